The standard InChI is InChI=1S/C8H10O/c1-7(6-9)2-3-8-4-5-8/h8-9H,1,4-6H2. The first-order valence-corrected chi connectivity index (χ1v) is 3.13. The lowest BCUT2D eigenvalue weighted by Crippen LogP contribution is -1.82. The van der Waals surface area contributed by atoms with Crippen LogP contribution in [0.4, 0.5) is 0 Å². The van der Waals surface area contributed by atoms with E-state index in [0.29, 0.717) is 11.5 Å². The molecule has 1 N–H and O–H groups in total. The molecule has 0 heterocycles. The van der Waals surface area contributed by atoms with E-state index in [4.69, 9.17) is 5.11 Å². The van der Waals surface area contributed by atoms with Crippen molar-refractivity contribution in [1.82, 2.24) is 0 Å². The minimum atomic E-state index is -0.000278. The topological polar surface area (TPSA) is 20.2 Å². The van der Waals surface area contributed by atoms with Crippen LogP contribution in [-0.4, -0.2) is 11.7 Å². The van der Waals surface area contributed by atoms with Gasteiger partial charge in [0.05, 0.1) is 6.61 Å². The molecule has 0 unspecified atom stereocenters. The van der Waals surface area contributed by atoms with Crippen molar-refractivity contribution in [3.05, 3.63) is 12.2 Å². The van der Waals surface area contributed by atoms with Gasteiger partial charge in [0.2, 0.25) is 0 Å². The molecule has 0 amide bonds. The average molecular weight is 122 g/mol. The summed E-state index contributed by atoms with van der Waals surface area (Å²) in [5.41, 5.74) is 0.627. The Morgan fingerprint density at radius 3 is 2.78 bits per heavy atom. The van der Waals surface area contributed by atoms with Gasteiger partial charge in [0.25, 0.3) is 0 Å². The second-order valence-electron chi connectivity index (χ2n) is 2.31. The van der Waals surface area contributed by atoms with Crippen LogP contribution in [0.1, 0.15) is 12.8 Å². The van der Waals surface area contributed by atoms with Crippen molar-refractivity contribution in [1.29, 1.82) is 0 Å². The second kappa shape index (κ2) is 2.70. The molecular formula is C8H10O. The first kappa shape index (κ1) is 6.38. The third-order valence-electron chi connectivity index (χ3n) is 1.22. The zero-order valence-electron chi connectivity index (χ0n) is 5.35. The molecule has 1 heteroatoms. The first-order valence-electron chi connectivity index (χ1n) is 3.13. The number of hydrogen-bond donors (Lipinski definition) is 1. The van der Waals surface area contributed by atoms with Crippen molar-refractivity contribution in [2.75, 3.05) is 6.61 Å². The third-order valence-corrected chi connectivity index (χ3v) is 1.22. The molecule has 9 heavy (non-hydrogen) atoms. The lowest BCUT2D eigenvalue weighted by molar-refractivity contribution is 0.336. The molecule has 1 rings (SSSR count). The fourth-order valence-corrected chi connectivity index (χ4v) is 0.471. The smallest absolute Gasteiger partial charge is 0.0754 e. The first-order chi connectivity index (χ1) is 4.33. The fourth-order valence-electron chi connectivity index (χ4n) is 0.471. The number of aliphatic hydroxyl groups is 1. The maximum absolute atomic E-state index is 8.47. The van der Waals surface area contributed by atoms with E-state index in [2.05, 4.69) is 18.4 Å². The monoisotopic (exact) mass is 122 g/mol. The van der Waals surface area contributed by atoms with Gasteiger partial charge >= 0.3 is 0 Å². The van der Waals surface area contributed by atoms with Gasteiger partial charge in [-0.1, -0.05) is 18.4 Å². The van der Waals surface area contributed by atoms with E-state index in [1.54, 1.807) is 0 Å². The van der Waals surface area contributed by atoms with Crippen molar-refractivity contribution < 1.29 is 5.11 Å². The van der Waals surface area contributed by atoms with E-state index in [1.807, 2.05) is 0 Å². The Labute approximate surface area is 55.4 Å². The Hall–Kier alpha value is -0.740. The van der Waals surface area contributed by atoms with Gasteiger partial charge in [-0.25, -0.2) is 0 Å². The largest absolute Gasteiger partial charge is 0.391 e. The molecule has 48 valence electrons. The molecule has 0 radical (unpaired) electrons. The molecule has 0 bridgehead atoms. The summed E-state index contributed by atoms with van der Waals surface area (Å²) in [4.78, 5) is 0. The summed E-state index contributed by atoms with van der Waals surface area (Å²) in [5, 5.41) is 8.47. The lowest BCUT2D eigenvalue weighted by Gasteiger charge is -1.83. The van der Waals surface area contributed by atoms with E-state index in [1.165, 1.54) is 12.8 Å². The zero-order chi connectivity index (χ0) is 6.69. The van der Waals surface area contributed by atoms with E-state index >= 15 is 0 Å². The van der Waals surface area contributed by atoms with Crippen molar-refractivity contribution in [2.24, 2.45) is 5.92 Å². The van der Waals surface area contributed by atoms with Gasteiger partial charge in [-0.2, -0.15) is 0 Å². The number of hydrogen-bond acceptors (Lipinski definition) is 1. The minimum absolute atomic E-state index is 0.000278. The highest BCUT2D eigenvalue weighted by Crippen LogP contribution is 2.27. The Bertz CT molecular complexity index is 167. The zero-order valence-corrected chi connectivity index (χ0v) is 5.35. The summed E-state index contributed by atoms with van der Waals surface area (Å²) in [5.74, 6) is 6.40. The van der Waals surface area contributed by atoms with E-state index in [0.717, 1.165) is 0 Å². The molecular weight excluding hydrogens is 112 g/mol. The van der Waals surface area contributed by atoms with Crippen molar-refractivity contribution >= 4 is 0 Å². The minimum Gasteiger partial charge on any atom is -0.391 e. The number of rotatable bonds is 1. The Morgan fingerprint density at radius 1 is 1.67 bits per heavy atom. The predicted molar refractivity (Wildman–Crippen MR) is 36.7 cm³/mol. The molecule has 1 aliphatic rings. The van der Waals surface area contributed by atoms with E-state index in [-0.39, 0.29) is 6.61 Å². The van der Waals surface area contributed by atoms with Crippen LogP contribution in [0.2, 0.25) is 0 Å². The maximum atomic E-state index is 8.47. The SMILES string of the molecule is C=C(C#CC1CC1)CO. The van der Waals surface area contributed by atoms with Gasteiger partial charge in [0.15, 0.2) is 0 Å². The van der Waals surface area contributed by atoms with Crippen LogP contribution in [0.25, 0.3) is 0 Å². The molecule has 0 aliphatic heterocycles. The highest BCUT2D eigenvalue weighted by Gasteiger charge is 2.17. The van der Waals surface area contributed by atoms with Crippen LogP contribution in [0.3, 0.4) is 0 Å². The van der Waals surface area contributed by atoms with Crippen molar-refractivity contribution in [3.63, 3.8) is 0 Å². The normalized spacial score (nSPS) is 16.1. The van der Waals surface area contributed by atoms with Crippen LogP contribution in [0.5, 0.6) is 0 Å². The lowest BCUT2D eigenvalue weighted by atomic mass is 10.3. The van der Waals surface area contributed by atoms with Crippen LogP contribution in [0.15, 0.2) is 12.2 Å². The third kappa shape index (κ3) is 2.34. The molecule has 1 saturated carbocycles. The van der Waals surface area contributed by atoms with Crippen LogP contribution in [0, 0.1) is 17.8 Å². The predicted octanol–water partition coefficient (Wildman–Crippen LogP) is 0.948. The molecule has 0 aromatic rings. The molecule has 1 fully saturated rings. The van der Waals surface area contributed by atoms with Gasteiger partial charge in [0, 0.05) is 11.5 Å². The summed E-state index contributed by atoms with van der Waals surface area (Å²) in [6.45, 7) is 3.55. The quantitative estimate of drug-likeness (QED) is 0.513. The highest BCUT2D eigenvalue weighted by atomic mass is 16.3. The highest BCUT2D eigenvalue weighted by molar-refractivity contribution is 5.27. The summed E-state index contributed by atoms with van der Waals surface area (Å²) < 4.78 is 0. The average Bonchev–Trinajstić information content (AvgIpc) is 2.65. The molecule has 0 aromatic carbocycles. The molecule has 1 aliphatic carbocycles. The molecule has 0 aromatic heterocycles. The Morgan fingerprint density at radius 2 is 2.33 bits per heavy atom. The van der Waals surface area contributed by atoms with E-state index < -0.39 is 0 Å². The summed E-state index contributed by atoms with van der Waals surface area (Å²) in [6.07, 6.45) is 2.46. The van der Waals surface area contributed by atoms with Gasteiger partial charge in [-0.05, 0) is 12.8 Å². The summed E-state index contributed by atoms with van der Waals surface area (Å²) >= 11 is 0. The summed E-state index contributed by atoms with van der Waals surface area (Å²) in [7, 11) is 0. The molecule has 0 atom stereocenters. The van der Waals surface area contributed by atoms with Crippen molar-refractivity contribution in [2.45, 2.75) is 12.8 Å². The maximum Gasteiger partial charge on any atom is 0.0754 e. The van der Waals surface area contributed by atoms with Gasteiger partial charge in [-0.3, -0.25) is 0 Å². The number of aliphatic hydroxyl groups excluding tert-OH is 1. The Balaban J connectivity index is 2.30. The fraction of sp³-hybridized carbons (Fsp3) is 0.500. The Kier molecular flexibility index (Phi) is 1.92. The van der Waals surface area contributed by atoms with Crippen LogP contribution in [-0.2, 0) is 0 Å². The molecule has 0 saturated heterocycles. The second-order valence-corrected chi connectivity index (χ2v) is 2.31. The van der Waals surface area contributed by atoms with Crippen molar-refractivity contribution in [3.8, 4) is 11.8 Å². The molecule has 1 nitrogen and oxygen atoms in total. The van der Waals surface area contributed by atoms with Gasteiger partial charge < -0.3 is 5.11 Å². The van der Waals surface area contributed by atoms with Gasteiger partial charge in [-0.15, -0.1) is 0 Å². The summed E-state index contributed by atoms with van der Waals surface area (Å²) in [6, 6.07) is 0. The van der Waals surface area contributed by atoms with Crippen LogP contribution >= 0.6 is 0 Å². The van der Waals surface area contributed by atoms with E-state index in [9.17, 15) is 0 Å². The van der Waals surface area contributed by atoms with Crippen LogP contribution < -0.4 is 0 Å². The molecule has 0 spiro atoms. The van der Waals surface area contributed by atoms with Gasteiger partial charge in [0.1, 0.15) is 0 Å².